The summed E-state index contributed by atoms with van der Waals surface area (Å²) in [7, 11) is 1.86. The minimum absolute atomic E-state index is 0.0422. The van der Waals surface area contributed by atoms with E-state index in [0.29, 0.717) is 22.8 Å². The van der Waals surface area contributed by atoms with Crippen molar-refractivity contribution in [2.45, 2.75) is 20.4 Å². The Labute approximate surface area is 183 Å². The standard InChI is InChI=1S/C21H20Cl2FN5O/c1-12-17(13(2)29(3)28-12)11-25-21(26-16-7-8-19(24)18(23)10-16)27-20(30)14-5-4-6-15(22)9-14/h4-10H,11H2,1-3H3,(H2,25,26,27,30). The summed E-state index contributed by atoms with van der Waals surface area (Å²) in [5.74, 6) is -0.743. The van der Waals surface area contributed by atoms with Gasteiger partial charge in [0.1, 0.15) is 5.82 Å². The molecule has 6 nitrogen and oxygen atoms in total. The number of aromatic nitrogens is 2. The molecule has 3 aromatic rings. The molecule has 3 rings (SSSR count). The van der Waals surface area contributed by atoms with Crippen molar-refractivity contribution in [1.82, 2.24) is 15.1 Å². The van der Waals surface area contributed by atoms with Crippen LogP contribution in [0.3, 0.4) is 0 Å². The highest BCUT2D eigenvalue weighted by atomic mass is 35.5. The predicted octanol–water partition coefficient (Wildman–Crippen LogP) is 4.88. The lowest BCUT2D eigenvalue weighted by Crippen LogP contribution is -2.36. The minimum Gasteiger partial charge on any atom is -0.326 e. The number of anilines is 1. The molecule has 0 bridgehead atoms. The Balaban J connectivity index is 1.88. The van der Waals surface area contributed by atoms with E-state index < -0.39 is 11.7 Å². The Bertz CT molecular complexity index is 1130. The van der Waals surface area contributed by atoms with Gasteiger partial charge in [-0.1, -0.05) is 29.3 Å². The molecular formula is C21H20Cl2FN5O. The van der Waals surface area contributed by atoms with Gasteiger partial charge in [-0.15, -0.1) is 0 Å². The molecular weight excluding hydrogens is 428 g/mol. The maximum atomic E-state index is 13.5. The summed E-state index contributed by atoms with van der Waals surface area (Å²) in [5, 5.41) is 10.5. The first-order valence-corrected chi connectivity index (χ1v) is 9.82. The first-order valence-electron chi connectivity index (χ1n) is 9.07. The smallest absolute Gasteiger partial charge is 0.258 e. The first kappa shape index (κ1) is 21.8. The number of guanidine groups is 1. The molecule has 156 valence electrons. The summed E-state index contributed by atoms with van der Waals surface area (Å²) in [4.78, 5) is 17.2. The van der Waals surface area contributed by atoms with Crippen molar-refractivity contribution in [3.8, 4) is 0 Å². The van der Waals surface area contributed by atoms with Gasteiger partial charge in [-0.25, -0.2) is 9.38 Å². The number of halogens is 3. The second-order valence-corrected chi connectivity index (χ2v) is 7.50. The van der Waals surface area contributed by atoms with Crippen LogP contribution in [0.2, 0.25) is 10.0 Å². The van der Waals surface area contributed by atoms with Crippen LogP contribution in [0.25, 0.3) is 0 Å². The number of aryl methyl sites for hydroxylation is 2. The van der Waals surface area contributed by atoms with Gasteiger partial charge in [0, 0.05) is 34.6 Å². The van der Waals surface area contributed by atoms with Gasteiger partial charge in [0.25, 0.3) is 5.91 Å². The number of carbonyl (C=O) groups is 1. The molecule has 0 saturated heterocycles. The van der Waals surface area contributed by atoms with Crippen LogP contribution in [-0.2, 0) is 13.6 Å². The fraction of sp³-hybridized carbons (Fsp3) is 0.190. The second-order valence-electron chi connectivity index (χ2n) is 6.66. The number of hydrogen-bond donors (Lipinski definition) is 2. The second kappa shape index (κ2) is 9.28. The van der Waals surface area contributed by atoms with E-state index in [9.17, 15) is 9.18 Å². The molecule has 2 aromatic carbocycles. The van der Waals surface area contributed by atoms with Crippen LogP contribution < -0.4 is 10.6 Å². The van der Waals surface area contributed by atoms with Crippen LogP contribution >= 0.6 is 23.2 Å². The summed E-state index contributed by atoms with van der Waals surface area (Å²) in [5.41, 5.74) is 3.63. The summed E-state index contributed by atoms with van der Waals surface area (Å²) in [6.07, 6.45) is 0. The number of benzene rings is 2. The van der Waals surface area contributed by atoms with Gasteiger partial charge in [0.2, 0.25) is 5.96 Å². The normalized spacial score (nSPS) is 11.5. The Morgan fingerprint density at radius 1 is 1.20 bits per heavy atom. The highest BCUT2D eigenvalue weighted by Gasteiger charge is 2.13. The number of rotatable bonds is 4. The van der Waals surface area contributed by atoms with E-state index in [2.05, 4.69) is 20.7 Å². The van der Waals surface area contributed by atoms with Crippen molar-refractivity contribution < 1.29 is 9.18 Å². The van der Waals surface area contributed by atoms with E-state index in [0.717, 1.165) is 17.0 Å². The lowest BCUT2D eigenvalue weighted by atomic mass is 10.2. The fourth-order valence-electron chi connectivity index (χ4n) is 2.83. The zero-order valence-corrected chi connectivity index (χ0v) is 18.1. The monoisotopic (exact) mass is 447 g/mol. The number of nitrogens with one attached hydrogen (secondary N) is 2. The Hall–Kier alpha value is -2.90. The van der Waals surface area contributed by atoms with E-state index in [4.69, 9.17) is 23.2 Å². The maximum Gasteiger partial charge on any atom is 0.258 e. The first-order chi connectivity index (χ1) is 14.2. The predicted molar refractivity (Wildman–Crippen MR) is 118 cm³/mol. The third kappa shape index (κ3) is 5.17. The number of aliphatic imine (C=N–C) groups is 1. The van der Waals surface area contributed by atoms with E-state index in [1.807, 2.05) is 20.9 Å². The molecule has 1 amide bonds. The number of nitrogens with zero attached hydrogens (tertiary/aromatic N) is 3. The molecule has 1 aromatic heterocycles. The Kier molecular flexibility index (Phi) is 6.74. The minimum atomic E-state index is -0.537. The topological polar surface area (TPSA) is 71.3 Å². The third-order valence-corrected chi connectivity index (χ3v) is 5.08. The Morgan fingerprint density at radius 3 is 2.60 bits per heavy atom. The largest absolute Gasteiger partial charge is 0.326 e. The molecule has 0 spiro atoms. The van der Waals surface area contributed by atoms with Crippen LogP contribution in [-0.4, -0.2) is 21.6 Å². The van der Waals surface area contributed by atoms with Crippen LogP contribution in [0.1, 0.15) is 27.3 Å². The third-order valence-electron chi connectivity index (χ3n) is 4.56. The average molecular weight is 448 g/mol. The molecule has 30 heavy (non-hydrogen) atoms. The summed E-state index contributed by atoms with van der Waals surface area (Å²) >= 11 is 11.8. The summed E-state index contributed by atoms with van der Waals surface area (Å²) in [6.45, 7) is 4.14. The lowest BCUT2D eigenvalue weighted by molar-refractivity contribution is 0.0977. The van der Waals surface area contributed by atoms with Crippen molar-refractivity contribution in [3.05, 3.63) is 80.8 Å². The van der Waals surface area contributed by atoms with E-state index >= 15 is 0 Å². The average Bonchev–Trinajstić information content (AvgIpc) is 2.94. The molecule has 0 aliphatic carbocycles. The summed E-state index contributed by atoms with van der Waals surface area (Å²) in [6, 6.07) is 10.7. The van der Waals surface area contributed by atoms with Gasteiger partial charge < -0.3 is 5.32 Å². The quantitative estimate of drug-likeness (QED) is 0.442. The molecule has 0 aliphatic rings. The van der Waals surface area contributed by atoms with E-state index in [1.54, 1.807) is 28.9 Å². The fourth-order valence-corrected chi connectivity index (χ4v) is 3.21. The molecule has 0 fully saturated rings. The number of hydrogen-bond acceptors (Lipinski definition) is 3. The molecule has 2 N–H and O–H groups in total. The Morgan fingerprint density at radius 2 is 1.97 bits per heavy atom. The van der Waals surface area contributed by atoms with Gasteiger partial charge in [-0.2, -0.15) is 5.10 Å². The SMILES string of the molecule is Cc1nn(C)c(C)c1CN=C(NC(=O)c1cccc(Cl)c1)Nc1ccc(F)c(Cl)c1. The van der Waals surface area contributed by atoms with Crippen LogP contribution in [0.15, 0.2) is 47.5 Å². The molecule has 0 atom stereocenters. The molecule has 0 radical (unpaired) electrons. The van der Waals surface area contributed by atoms with Crippen molar-refractivity contribution in [2.75, 3.05) is 5.32 Å². The van der Waals surface area contributed by atoms with Gasteiger partial charge in [0.05, 0.1) is 17.3 Å². The maximum absolute atomic E-state index is 13.5. The summed E-state index contributed by atoms with van der Waals surface area (Å²) < 4.78 is 15.3. The van der Waals surface area contributed by atoms with Gasteiger partial charge >= 0.3 is 0 Å². The number of amides is 1. The van der Waals surface area contributed by atoms with Crippen molar-refractivity contribution >= 4 is 40.8 Å². The van der Waals surface area contributed by atoms with Crippen molar-refractivity contribution in [3.63, 3.8) is 0 Å². The van der Waals surface area contributed by atoms with E-state index in [-0.39, 0.29) is 11.0 Å². The molecule has 1 heterocycles. The molecule has 0 unspecified atom stereocenters. The van der Waals surface area contributed by atoms with Gasteiger partial charge in [-0.3, -0.25) is 14.8 Å². The molecule has 9 heteroatoms. The molecule has 0 aliphatic heterocycles. The van der Waals surface area contributed by atoms with E-state index in [1.165, 1.54) is 18.2 Å². The lowest BCUT2D eigenvalue weighted by Gasteiger charge is -2.13. The van der Waals surface area contributed by atoms with Crippen molar-refractivity contribution in [2.24, 2.45) is 12.0 Å². The van der Waals surface area contributed by atoms with Crippen LogP contribution in [0, 0.1) is 19.7 Å². The number of carbonyl (C=O) groups excluding carboxylic acids is 1. The van der Waals surface area contributed by atoms with Crippen molar-refractivity contribution in [1.29, 1.82) is 0 Å². The highest BCUT2D eigenvalue weighted by Crippen LogP contribution is 2.20. The zero-order chi connectivity index (χ0) is 21.8. The highest BCUT2D eigenvalue weighted by molar-refractivity contribution is 6.31. The van der Waals surface area contributed by atoms with Gasteiger partial charge in [-0.05, 0) is 50.2 Å². The van der Waals surface area contributed by atoms with Crippen LogP contribution in [0.4, 0.5) is 10.1 Å². The van der Waals surface area contributed by atoms with Crippen LogP contribution in [0.5, 0.6) is 0 Å². The van der Waals surface area contributed by atoms with Gasteiger partial charge in [0.15, 0.2) is 0 Å². The zero-order valence-electron chi connectivity index (χ0n) is 16.6. The molecule has 0 saturated carbocycles.